The highest BCUT2D eigenvalue weighted by Crippen LogP contribution is 2.29. The van der Waals surface area contributed by atoms with E-state index in [0.29, 0.717) is 17.9 Å². The van der Waals surface area contributed by atoms with E-state index in [-0.39, 0.29) is 0 Å². The van der Waals surface area contributed by atoms with Crippen molar-refractivity contribution in [2.45, 2.75) is 25.8 Å². The molecule has 0 bridgehead atoms. The van der Waals surface area contributed by atoms with Crippen molar-refractivity contribution in [3.63, 3.8) is 0 Å². The van der Waals surface area contributed by atoms with Crippen LogP contribution in [0, 0.1) is 6.92 Å². The Morgan fingerprint density at radius 3 is 2.76 bits per heavy atom. The number of fused-ring (bicyclic) bond motifs is 1. The Morgan fingerprint density at radius 1 is 1.24 bits per heavy atom. The maximum atomic E-state index is 5.47. The Balaban J connectivity index is 1.62. The van der Waals surface area contributed by atoms with E-state index in [1.54, 1.807) is 7.11 Å². The van der Waals surface area contributed by atoms with Crippen molar-refractivity contribution < 1.29 is 9.47 Å². The SMILES string of the molecule is COc1ccc(Nc2ncc3c(n2)n(C2CCOCC2)n3C)c(C)n1. The van der Waals surface area contributed by atoms with Crippen LogP contribution in [-0.2, 0) is 11.8 Å². The number of aryl methyl sites for hydroxylation is 2. The molecule has 4 heterocycles. The Labute approximate surface area is 145 Å². The number of rotatable bonds is 4. The second-order valence-corrected chi connectivity index (χ2v) is 6.23. The lowest BCUT2D eigenvalue weighted by molar-refractivity contribution is 0.0631. The highest BCUT2D eigenvalue weighted by atomic mass is 16.5. The van der Waals surface area contributed by atoms with Crippen molar-refractivity contribution in [2.75, 3.05) is 25.6 Å². The fourth-order valence-corrected chi connectivity index (χ4v) is 3.29. The summed E-state index contributed by atoms with van der Waals surface area (Å²) in [6, 6.07) is 4.17. The lowest BCUT2D eigenvalue weighted by atomic mass is 10.1. The summed E-state index contributed by atoms with van der Waals surface area (Å²) >= 11 is 0. The number of nitrogens with zero attached hydrogens (tertiary/aromatic N) is 5. The topological polar surface area (TPSA) is 79.0 Å². The number of aromatic nitrogens is 5. The summed E-state index contributed by atoms with van der Waals surface area (Å²) in [6.07, 6.45) is 3.88. The molecule has 0 spiro atoms. The van der Waals surface area contributed by atoms with Crippen molar-refractivity contribution >= 4 is 22.8 Å². The summed E-state index contributed by atoms with van der Waals surface area (Å²) in [6.45, 7) is 3.53. The van der Waals surface area contributed by atoms with Gasteiger partial charge in [-0.2, -0.15) is 4.98 Å². The van der Waals surface area contributed by atoms with Gasteiger partial charge in [-0.3, -0.25) is 9.36 Å². The summed E-state index contributed by atoms with van der Waals surface area (Å²) in [5.41, 5.74) is 3.71. The lowest BCUT2D eigenvalue weighted by Gasteiger charge is -2.32. The van der Waals surface area contributed by atoms with E-state index < -0.39 is 0 Å². The monoisotopic (exact) mass is 342 g/mol. The number of nitrogens with one attached hydrogen (secondary N) is 1. The van der Waals surface area contributed by atoms with E-state index in [4.69, 9.17) is 14.5 Å². The molecule has 0 saturated carbocycles. The van der Waals surface area contributed by atoms with Crippen LogP contribution < -0.4 is 10.1 Å². The molecule has 8 heteroatoms. The zero-order valence-corrected chi connectivity index (χ0v) is 14.7. The molecule has 3 aromatic rings. The van der Waals surface area contributed by atoms with Crippen LogP contribution in [0.2, 0.25) is 0 Å². The summed E-state index contributed by atoms with van der Waals surface area (Å²) in [7, 11) is 3.65. The molecule has 1 fully saturated rings. The maximum absolute atomic E-state index is 5.47. The van der Waals surface area contributed by atoms with Crippen LogP contribution in [-0.4, -0.2) is 44.6 Å². The van der Waals surface area contributed by atoms with Crippen LogP contribution in [0.4, 0.5) is 11.6 Å². The number of ether oxygens (including phenoxy) is 2. The molecule has 3 aromatic heterocycles. The van der Waals surface area contributed by atoms with Gasteiger partial charge in [-0.15, -0.1) is 0 Å². The smallest absolute Gasteiger partial charge is 0.229 e. The van der Waals surface area contributed by atoms with E-state index >= 15 is 0 Å². The van der Waals surface area contributed by atoms with Gasteiger partial charge < -0.3 is 14.8 Å². The number of hydrogen-bond donors (Lipinski definition) is 1. The van der Waals surface area contributed by atoms with E-state index in [0.717, 1.165) is 48.6 Å². The maximum Gasteiger partial charge on any atom is 0.229 e. The first kappa shape index (κ1) is 15.9. The molecule has 8 nitrogen and oxygen atoms in total. The van der Waals surface area contributed by atoms with E-state index in [9.17, 15) is 0 Å². The highest BCUT2D eigenvalue weighted by molar-refractivity contribution is 5.75. The van der Waals surface area contributed by atoms with E-state index in [2.05, 4.69) is 24.6 Å². The standard InChI is InChI=1S/C17H22N6O2/c1-11-13(4-5-15(19-11)24-3)20-17-18-10-14-16(21-17)23(22(14)2)12-6-8-25-9-7-12/h4-5,10,12H,6-9H2,1-3H3,(H,18,20,21). The van der Waals surface area contributed by atoms with Gasteiger partial charge in [0, 0.05) is 26.3 Å². The normalized spacial score (nSPS) is 15.6. The first-order valence-electron chi connectivity index (χ1n) is 8.43. The van der Waals surface area contributed by atoms with Crippen LogP contribution in [0.5, 0.6) is 5.88 Å². The summed E-state index contributed by atoms with van der Waals surface area (Å²) in [5, 5.41) is 3.25. The van der Waals surface area contributed by atoms with E-state index in [1.807, 2.05) is 32.3 Å². The molecule has 0 aliphatic carbocycles. The first-order chi connectivity index (χ1) is 12.2. The molecule has 0 atom stereocenters. The minimum atomic E-state index is 0.429. The minimum Gasteiger partial charge on any atom is -0.481 e. The zero-order valence-electron chi connectivity index (χ0n) is 14.7. The third kappa shape index (κ3) is 2.82. The largest absolute Gasteiger partial charge is 0.481 e. The summed E-state index contributed by atoms with van der Waals surface area (Å²) < 4.78 is 15.0. The predicted molar refractivity (Wildman–Crippen MR) is 94.4 cm³/mol. The van der Waals surface area contributed by atoms with Gasteiger partial charge in [0.05, 0.1) is 30.7 Å². The molecule has 1 saturated heterocycles. The Hall–Kier alpha value is -2.61. The molecular formula is C17H22N6O2. The second kappa shape index (κ2) is 6.36. The number of methoxy groups -OCH3 is 1. The van der Waals surface area contributed by atoms with Crippen LogP contribution in [0.25, 0.3) is 11.2 Å². The molecule has 1 aliphatic rings. The van der Waals surface area contributed by atoms with Crippen LogP contribution in [0.3, 0.4) is 0 Å². The van der Waals surface area contributed by atoms with Gasteiger partial charge in [0.15, 0.2) is 5.65 Å². The predicted octanol–water partition coefficient (Wildman–Crippen LogP) is 2.58. The Bertz CT molecular complexity index is 894. The Morgan fingerprint density at radius 2 is 2.04 bits per heavy atom. The van der Waals surface area contributed by atoms with Gasteiger partial charge in [0.2, 0.25) is 11.8 Å². The lowest BCUT2D eigenvalue weighted by Crippen LogP contribution is -2.30. The molecule has 25 heavy (non-hydrogen) atoms. The molecule has 1 aliphatic heterocycles. The number of anilines is 2. The van der Waals surface area contributed by atoms with Crippen LogP contribution in [0.1, 0.15) is 24.6 Å². The van der Waals surface area contributed by atoms with Crippen molar-refractivity contribution in [1.82, 2.24) is 24.3 Å². The van der Waals surface area contributed by atoms with Crippen molar-refractivity contribution in [3.05, 3.63) is 24.0 Å². The molecular weight excluding hydrogens is 320 g/mol. The van der Waals surface area contributed by atoms with Crippen molar-refractivity contribution in [3.8, 4) is 5.88 Å². The molecule has 132 valence electrons. The average molecular weight is 342 g/mol. The van der Waals surface area contributed by atoms with Gasteiger partial charge >= 0.3 is 0 Å². The van der Waals surface area contributed by atoms with E-state index in [1.165, 1.54) is 0 Å². The molecule has 4 rings (SSSR count). The third-order valence-electron chi connectivity index (χ3n) is 4.69. The highest BCUT2D eigenvalue weighted by Gasteiger charge is 2.23. The van der Waals surface area contributed by atoms with Gasteiger partial charge in [0.25, 0.3) is 0 Å². The fourth-order valence-electron chi connectivity index (χ4n) is 3.29. The van der Waals surface area contributed by atoms with Crippen LogP contribution in [0.15, 0.2) is 18.3 Å². The first-order valence-corrected chi connectivity index (χ1v) is 8.43. The van der Waals surface area contributed by atoms with Gasteiger partial charge in [-0.05, 0) is 25.8 Å². The average Bonchev–Trinajstić information content (AvgIpc) is 2.64. The quantitative estimate of drug-likeness (QED) is 0.785. The van der Waals surface area contributed by atoms with Gasteiger partial charge in [-0.25, -0.2) is 9.97 Å². The fraction of sp³-hybridized carbons (Fsp3) is 0.471. The second-order valence-electron chi connectivity index (χ2n) is 6.23. The van der Waals surface area contributed by atoms with Gasteiger partial charge in [0.1, 0.15) is 5.52 Å². The number of pyridine rings is 1. The molecule has 0 amide bonds. The Kier molecular flexibility index (Phi) is 4.04. The van der Waals surface area contributed by atoms with Crippen LogP contribution >= 0.6 is 0 Å². The zero-order chi connectivity index (χ0) is 17.4. The van der Waals surface area contributed by atoms with Crippen molar-refractivity contribution in [1.29, 1.82) is 0 Å². The molecule has 0 aromatic carbocycles. The molecule has 1 N–H and O–H groups in total. The molecule has 0 unspecified atom stereocenters. The summed E-state index contributed by atoms with van der Waals surface area (Å²) in [5.74, 6) is 1.16. The van der Waals surface area contributed by atoms with Gasteiger partial charge in [-0.1, -0.05) is 0 Å². The molecule has 0 radical (unpaired) electrons. The van der Waals surface area contributed by atoms with Crippen molar-refractivity contribution in [2.24, 2.45) is 7.05 Å². The third-order valence-corrected chi connectivity index (χ3v) is 4.69. The summed E-state index contributed by atoms with van der Waals surface area (Å²) in [4.78, 5) is 13.5. The number of hydrogen-bond acceptors (Lipinski definition) is 6. The minimum absolute atomic E-state index is 0.429.